The predicted octanol–water partition coefficient (Wildman–Crippen LogP) is 3.99. The molecule has 0 radical (unpaired) electrons. The number of nitrogens with zero attached hydrogens (tertiary/aromatic N) is 2. The van der Waals surface area contributed by atoms with Crippen LogP contribution in [-0.4, -0.2) is 53.5 Å². The number of hydrogen-bond acceptors (Lipinski definition) is 6. The molecule has 0 bridgehead atoms. The SMILES string of the molecule is CCC(C)(C)N/C=C(/C(=O)N1CCOCC1)c1sc(NC(=O)c2ccc(C)cc2)nc1C. The van der Waals surface area contributed by atoms with E-state index in [1.807, 2.05) is 26.0 Å². The Labute approximate surface area is 193 Å². The Hall–Kier alpha value is -2.71. The molecule has 0 aliphatic carbocycles. The molecule has 2 amide bonds. The zero-order chi connectivity index (χ0) is 23.3. The van der Waals surface area contributed by atoms with Gasteiger partial charge in [-0.3, -0.25) is 14.9 Å². The summed E-state index contributed by atoms with van der Waals surface area (Å²) in [6.45, 7) is 12.3. The summed E-state index contributed by atoms with van der Waals surface area (Å²) in [7, 11) is 0. The first kappa shape index (κ1) is 23.9. The van der Waals surface area contributed by atoms with E-state index < -0.39 is 0 Å². The Morgan fingerprint density at radius 1 is 1.19 bits per heavy atom. The standard InChI is InChI=1S/C24H32N4O3S/c1-6-24(4,5)25-15-19(22(30)28-11-13-31-14-12-28)20-17(3)26-23(32-20)27-21(29)18-9-7-16(2)8-10-18/h7-10,15,25H,6,11-14H2,1-5H3,(H,26,27,29)/b19-15+. The Bertz CT molecular complexity index is 989. The summed E-state index contributed by atoms with van der Waals surface area (Å²) >= 11 is 1.31. The molecular formula is C24H32N4O3S. The van der Waals surface area contributed by atoms with Gasteiger partial charge >= 0.3 is 0 Å². The molecule has 0 spiro atoms. The van der Waals surface area contributed by atoms with E-state index in [0.717, 1.165) is 16.9 Å². The third-order valence-corrected chi connectivity index (χ3v) is 6.70. The first-order valence-corrected chi connectivity index (χ1v) is 11.7. The monoisotopic (exact) mass is 456 g/mol. The topological polar surface area (TPSA) is 83.6 Å². The number of thiazole rings is 1. The van der Waals surface area contributed by atoms with Crippen LogP contribution in [0.4, 0.5) is 5.13 Å². The van der Waals surface area contributed by atoms with Crippen LogP contribution in [0.1, 0.15) is 53.7 Å². The van der Waals surface area contributed by atoms with Gasteiger partial charge in [-0.2, -0.15) is 0 Å². The van der Waals surface area contributed by atoms with Crippen LogP contribution in [0, 0.1) is 13.8 Å². The molecular weight excluding hydrogens is 424 g/mol. The molecule has 1 aromatic heterocycles. The second kappa shape index (κ2) is 10.3. The number of benzene rings is 1. The minimum atomic E-state index is -0.222. The first-order valence-electron chi connectivity index (χ1n) is 10.9. The Morgan fingerprint density at radius 2 is 1.84 bits per heavy atom. The van der Waals surface area contributed by atoms with Crippen molar-refractivity contribution in [2.75, 3.05) is 31.6 Å². The highest BCUT2D eigenvalue weighted by Crippen LogP contribution is 2.31. The Morgan fingerprint density at radius 3 is 2.47 bits per heavy atom. The van der Waals surface area contributed by atoms with Crippen LogP contribution in [0.25, 0.3) is 5.57 Å². The lowest BCUT2D eigenvalue weighted by molar-refractivity contribution is -0.128. The molecule has 2 heterocycles. The molecule has 1 aliphatic rings. The third-order valence-electron chi connectivity index (χ3n) is 5.60. The maximum Gasteiger partial charge on any atom is 0.257 e. The van der Waals surface area contributed by atoms with Crippen molar-refractivity contribution < 1.29 is 14.3 Å². The van der Waals surface area contributed by atoms with Crippen molar-refractivity contribution in [1.82, 2.24) is 15.2 Å². The first-order chi connectivity index (χ1) is 15.2. The maximum absolute atomic E-state index is 13.4. The maximum atomic E-state index is 13.4. The molecule has 2 N–H and O–H groups in total. The lowest BCUT2D eigenvalue weighted by Gasteiger charge is -2.29. The second-order valence-electron chi connectivity index (χ2n) is 8.60. The normalized spacial score (nSPS) is 14.9. The summed E-state index contributed by atoms with van der Waals surface area (Å²) in [6.07, 6.45) is 2.70. The van der Waals surface area contributed by atoms with Crippen LogP contribution < -0.4 is 10.6 Å². The zero-order valence-corrected chi connectivity index (χ0v) is 20.3. The molecule has 1 aliphatic heterocycles. The van der Waals surface area contributed by atoms with Gasteiger partial charge < -0.3 is 15.0 Å². The van der Waals surface area contributed by atoms with Crippen molar-refractivity contribution in [3.05, 3.63) is 52.2 Å². The fraction of sp³-hybridized carbons (Fsp3) is 0.458. The number of morpholine rings is 1. The van der Waals surface area contributed by atoms with E-state index >= 15 is 0 Å². The molecule has 3 rings (SSSR count). The summed E-state index contributed by atoms with van der Waals surface area (Å²) in [5.41, 5.74) is 2.76. The highest BCUT2D eigenvalue weighted by Gasteiger charge is 2.26. The second-order valence-corrected chi connectivity index (χ2v) is 9.60. The smallest absolute Gasteiger partial charge is 0.257 e. The van der Waals surface area contributed by atoms with Gasteiger partial charge in [-0.15, -0.1) is 0 Å². The molecule has 1 saturated heterocycles. The summed E-state index contributed by atoms with van der Waals surface area (Å²) < 4.78 is 5.40. The number of nitrogens with one attached hydrogen (secondary N) is 2. The van der Waals surface area contributed by atoms with Crippen molar-refractivity contribution in [3.8, 4) is 0 Å². The Kier molecular flexibility index (Phi) is 7.69. The van der Waals surface area contributed by atoms with E-state index in [9.17, 15) is 9.59 Å². The minimum Gasteiger partial charge on any atom is -0.385 e. The third kappa shape index (κ3) is 5.95. The van der Waals surface area contributed by atoms with E-state index in [-0.39, 0.29) is 17.4 Å². The van der Waals surface area contributed by atoms with Crippen molar-refractivity contribution >= 4 is 33.9 Å². The number of carbonyl (C=O) groups is 2. The number of ether oxygens (including phenoxy) is 1. The molecule has 1 fully saturated rings. The van der Waals surface area contributed by atoms with Gasteiger partial charge in [0.25, 0.3) is 11.8 Å². The number of anilines is 1. The highest BCUT2D eigenvalue weighted by atomic mass is 32.1. The van der Waals surface area contributed by atoms with E-state index in [0.29, 0.717) is 48.3 Å². The number of carbonyl (C=O) groups excluding carboxylic acids is 2. The van der Waals surface area contributed by atoms with Crippen LogP contribution in [-0.2, 0) is 9.53 Å². The van der Waals surface area contributed by atoms with Crippen molar-refractivity contribution in [2.24, 2.45) is 0 Å². The fourth-order valence-electron chi connectivity index (χ4n) is 3.10. The van der Waals surface area contributed by atoms with E-state index in [4.69, 9.17) is 4.74 Å². The molecule has 32 heavy (non-hydrogen) atoms. The van der Waals surface area contributed by atoms with Crippen molar-refractivity contribution in [3.63, 3.8) is 0 Å². The largest absolute Gasteiger partial charge is 0.385 e. The van der Waals surface area contributed by atoms with Gasteiger partial charge in [0.05, 0.1) is 29.4 Å². The van der Waals surface area contributed by atoms with Crippen molar-refractivity contribution in [1.29, 1.82) is 0 Å². The molecule has 0 unspecified atom stereocenters. The van der Waals surface area contributed by atoms with E-state index in [1.54, 1.807) is 23.2 Å². The number of amides is 2. The van der Waals surface area contributed by atoms with Crippen LogP contribution >= 0.6 is 11.3 Å². The number of aryl methyl sites for hydroxylation is 2. The quantitative estimate of drug-likeness (QED) is 0.616. The van der Waals surface area contributed by atoms with Crippen LogP contribution in [0.2, 0.25) is 0 Å². The average Bonchev–Trinajstić information content (AvgIpc) is 3.14. The predicted molar refractivity (Wildman–Crippen MR) is 129 cm³/mol. The van der Waals surface area contributed by atoms with Gasteiger partial charge in [0, 0.05) is 30.4 Å². The van der Waals surface area contributed by atoms with Crippen LogP contribution in [0.3, 0.4) is 0 Å². The average molecular weight is 457 g/mol. The lowest BCUT2D eigenvalue weighted by Crippen LogP contribution is -2.42. The van der Waals surface area contributed by atoms with Crippen LogP contribution in [0.5, 0.6) is 0 Å². The Balaban J connectivity index is 1.87. The number of hydrogen-bond donors (Lipinski definition) is 2. The number of aromatic nitrogens is 1. The molecule has 2 aromatic rings. The molecule has 7 nitrogen and oxygen atoms in total. The van der Waals surface area contributed by atoms with Gasteiger partial charge in [0.15, 0.2) is 5.13 Å². The fourth-order valence-corrected chi connectivity index (χ4v) is 4.07. The summed E-state index contributed by atoms with van der Waals surface area (Å²) in [6, 6.07) is 7.37. The highest BCUT2D eigenvalue weighted by molar-refractivity contribution is 7.17. The molecule has 1 aromatic carbocycles. The van der Waals surface area contributed by atoms with E-state index in [2.05, 4.69) is 36.4 Å². The van der Waals surface area contributed by atoms with Crippen molar-refractivity contribution in [2.45, 2.75) is 46.6 Å². The molecule has 0 saturated carbocycles. The zero-order valence-electron chi connectivity index (χ0n) is 19.4. The molecule has 8 heteroatoms. The summed E-state index contributed by atoms with van der Waals surface area (Å²) in [5, 5.41) is 6.73. The molecule has 172 valence electrons. The van der Waals surface area contributed by atoms with Crippen LogP contribution in [0.15, 0.2) is 30.5 Å². The van der Waals surface area contributed by atoms with Gasteiger partial charge in [0.2, 0.25) is 0 Å². The number of rotatable bonds is 7. The van der Waals surface area contributed by atoms with Gasteiger partial charge in [0.1, 0.15) is 0 Å². The minimum absolute atomic E-state index is 0.0594. The van der Waals surface area contributed by atoms with E-state index in [1.165, 1.54) is 11.3 Å². The van der Waals surface area contributed by atoms with Gasteiger partial charge in [-0.25, -0.2) is 4.98 Å². The summed E-state index contributed by atoms with van der Waals surface area (Å²) in [5.74, 6) is -0.281. The molecule has 0 atom stereocenters. The lowest BCUT2D eigenvalue weighted by atomic mass is 10.0. The van der Waals surface area contributed by atoms with Gasteiger partial charge in [-0.1, -0.05) is 36.0 Å². The summed E-state index contributed by atoms with van der Waals surface area (Å²) in [4.78, 5) is 33.1. The van der Waals surface area contributed by atoms with Gasteiger partial charge in [-0.05, 0) is 46.2 Å².